The van der Waals surface area contributed by atoms with Crippen LogP contribution in [0.3, 0.4) is 0 Å². The maximum atomic E-state index is 13.5. The van der Waals surface area contributed by atoms with Crippen LogP contribution >= 0.6 is 0 Å². The fraction of sp³-hybridized carbons (Fsp3) is 0.333. The van der Waals surface area contributed by atoms with Gasteiger partial charge in [-0.3, -0.25) is 14.4 Å². The monoisotopic (exact) mass is 436 g/mol. The number of rotatable bonds is 8. The minimum absolute atomic E-state index is 0.155. The quantitative estimate of drug-likeness (QED) is 0.423. The van der Waals surface area contributed by atoms with Crippen LogP contribution in [-0.4, -0.2) is 27.6 Å². The third-order valence-corrected chi connectivity index (χ3v) is 6.35. The van der Waals surface area contributed by atoms with Gasteiger partial charge in [0.05, 0.1) is 29.0 Å². The number of aromatic nitrogens is 2. The van der Waals surface area contributed by atoms with Crippen LogP contribution in [0.4, 0.5) is 0 Å². The summed E-state index contributed by atoms with van der Waals surface area (Å²) < 4.78 is 11.9. The highest BCUT2D eigenvalue weighted by atomic mass is 16.5. The Labute approximate surface area is 184 Å². The molecule has 0 aliphatic carbocycles. The highest BCUT2D eigenvalue weighted by Crippen LogP contribution is 2.39. The third kappa shape index (κ3) is 3.23. The molecule has 2 aromatic heterocycles. The maximum absolute atomic E-state index is 13.5. The van der Waals surface area contributed by atoms with Gasteiger partial charge in [-0.05, 0) is 49.6 Å². The molecule has 1 aliphatic heterocycles. The molecular formula is C24H24N2O6. The number of carbonyl (C=O) groups is 2. The van der Waals surface area contributed by atoms with Crippen molar-refractivity contribution in [3.8, 4) is 17.1 Å². The fourth-order valence-electron chi connectivity index (χ4n) is 4.52. The molecule has 1 aromatic carbocycles. The van der Waals surface area contributed by atoms with Crippen LogP contribution in [0, 0.1) is 0 Å². The zero-order valence-corrected chi connectivity index (χ0v) is 18.2. The van der Waals surface area contributed by atoms with E-state index in [0.29, 0.717) is 42.8 Å². The van der Waals surface area contributed by atoms with E-state index in [1.54, 1.807) is 29.7 Å². The lowest BCUT2D eigenvalue weighted by Crippen LogP contribution is -2.33. The molecule has 166 valence electrons. The summed E-state index contributed by atoms with van der Waals surface area (Å²) in [6, 6.07) is 6.83. The normalized spacial score (nSPS) is 13.8. The van der Waals surface area contributed by atoms with E-state index in [4.69, 9.17) is 14.5 Å². The maximum Gasteiger partial charge on any atom is 0.293 e. The number of aromatic hydroxyl groups is 1. The Morgan fingerprint density at radius 2 is 1.97 bits per heavy atom. The topological polar surface area (TPSA) is 108 Å². The first kappa shape index (κ1) is 21.5. The third-order valence-electron chi connectivity index (χ3n) is 6.35. The second-order valence-corrected chi connectivity index (χ2v) is 7.99. The van der Waals surface area contributed by atoms with E-state index in [1.165, 1.54) is 0 Å². The second kappa shape index (κ2) is 8.11. The zero-order valence-electron chi connectivity index (χ0n) is 18.2. The van der Waals surface area contributed by atoms with E-state index in [-0.39, 0.29) is 30.0 Å². The Balaban J connectivity index is 2.03. The van der Waals surface area contributed by atoms with Crippen molar-refractivity contribution in [2.75, 3.05) is 0 Å². The van der Waals surface area contributed by atoms with Crippen LogP contribution in [0.2, 0.25) is 0 Å². The minimum atomic E-state index is -1.07. The molecule has 4 rings (SSSR count). The van der Waals surface area contributed by atoms with Gasteiger partial charge in [-0.15, -0.1) is 0 Å². The van der Waals surface area contributed by atoms with Gasteiger partial charge < -0.3 is 19.1 Å². The number of aryl methyl sites for hydroxylation is 1. The van der Waals surface area contributed by atoms with Crippen LogP contribution < -0.4 is 5.56 Å². The van der Waals surface area contributed by atoms with Gasteiger partial charge in [0.1, 0.15) is 18.0 Å². The molecule has 0 bridgehead atoms. The van der Waals surface area contributed by atoms with Gasteiger partial charge in [-0.2, -0.15) is 0 Å². The molecule has 0 radical (unpaired) electrons. The predicted octanol–water partition coefficient (Wildman–Crippen LogP) is 3.16. The highest BCUT2D eigenvalue weighted by molar-refractivity contribution is 5.89. The summed E-state index contributed by atoms with van der Waals surface area (Å²) in [4.78, 5) is 40.4. The van der Waals surface area contributed by atoms with Gasteiger partial charge in [0.2, 0.25) is 0 Å². The van der Waals surface area contributed by atoms with Gasteiger partial charge in [0.25, 0.3) is 18.5 Å². The number of hydrogen-bond donors (Lipinski definition) is 1. The fourth-order valence-corrected chi connectivity index (χ4v) is 4.52. The van der Waals surface area contributed by atoms with Crippen molar-refractivity contribution in [1.29, 1.82) is 0 Å². The Kier molecular flexibility index (Phi) is 5.46. The van der Waals surface area contributed by atoms with Crippen molar-refractivity contribution in [2.24, 2.45) is 0 Å². The number of carbonyl (C=O) groups excluding carboxylic acids is 2. The first-order valence-corrected chi connectivity index (χ1v) is 10.5. The van der Waals surface area contributed by atoms with Crippen molar-refractivity contribution in [2.45, 2.75) is 52.4 Å². The van der Waals surface area contributed by atoms with Gasteiger partial charge in [0, 0.05) is 16.5 Å². The Bertz CT molecular complexity index is 1300. The molecule has 0 saturated carbocycles. The van der Waals surface area contributed by atoms with E-state index in [9.17, 15) is 19.5 Å². The largest absolute Gasteiger partial charge is 0.508 e. The van der Waals surface area contributed by atoms with Gasteiger partial charge >= 0.3 is 0 Å². The molecule has 1 N–H and O–H groups in total. The van der Waals surface area contributed by atoms with Crippen LogP contribution in [0.25, 0.3) is 22.3 Å². The minimum Gasteiger partial charge on any atom is -0.508 e. The SMILES string of the molecule is CCc1c2c(nc3ccc(O)cc13)-c1cc(C(C)(CC)OC=O)c(COC=O)c(=O)n1C2. The average molecular weight is 436 g/mol. The van der Waals surface area contributed by atoms with E-state index >= 15 is 0 Å². The molecule has 1 aliphatic rings. The number of phenolic OH excluding ortho intramolecular Hbond substituents is 1. The Morgan fingerprint density at radius 1 is 1.19 bits per heavy atom. The van der Waals surface area contributed by atoms with E-state index in [0.717, 1.165) is 22.0 Å². The number of benzene rings is 1. The van der Waals surface area contributed by atoms with Gasteiger partial charge in [0.15, 0.2) is 0 Å². The van der Waals surface area contributed by atoms with Crippen molar-refractivity contribution in [3.05, 3.63) is 56.9 Å². The van der Waals surface area contributed by atoms with E-state index in [1.807, 2.05) is 19.9 Å². The van der Waals surface area contributed by atoms with Crippen LogP contribution in [0.5, 0.6) is 5.75 Å². The van der Waals surface area contributed by atoms with Crippen molar-refractivity contribution >= 4 is 23.8 Å². The number of nitrogens with zero attached hydrogens (tertiary/aromatic N) is 2. The van der Waals surface area contributed by atoms with Crippen molar-refractivity contribution < 1.29 is 24.2 Å². The summed E-state index contributed by atoms with van der Waals surface area (Å²) in [5.74, 6) is 0.155. The average Bonchev–Trinajstić information content (AvgIpc) is 3.15. The number of pyridine rings is 2. The van der Waals surface area contributed by atoms with Crippen LogP contribution in [0.15, 0.2) is 29.1 Å². The van der Waals surface area contributed by atoms with Crippen molar-refractivity contribution in [3.63, 3.8) is 0 Å². The first-order chi connectivity index (χ1) is 15.4. The molecule has 1 unspecified atom stereocenters. The van der Waals surface area contributed by atoms with Crippen LogP contribution in [0.1, 0.15) is 49.4 Å². The second-order valence-electron chi connectivity index (χ2n) is 7.99. The first-order valence-electron chi connectivity index (χ1n) is 10.5. The smallest absolute Gasteiger partial charge is 0.293 e. The number of fused-ring (bicyclic) bond motifs is 4. The van der Waals surface area contributed by atoms with Crippen molar-refractivity contribution in [1.82, 2.24) is 9.55 Å². The summed E-state index contributed by atoms with van der Waals surface area (Å²) in [6.07, 6.45) is 1.11. The summed E-state index contributed by atoms with van der Waals surface area (Å²) >= 11 is 0. The molecule has 0 saturated heterocycles. The molecule has 0 spiro atoms. The molecule has 0 fully saturated rings. The molecule has 32 heavy (non-hydrogen) atoms. The Morgan fingerprint density at radius 3 is 2.62 bits per heavy atom. The number of hydrogen-bond acceptors (Lipinski definition) is 7. The summed E-state index contributed by atoms with van der Waals surface area (Å²) in [7, 11) is 0. The highest BCUT2D eigenvalue weighted by Gasteiger charge is 2.35. The number of ether oxygens (including phenoxy) is 2. The molecule has 3 heterocycles. The summed E-state index contributed by atoms with van der Waals surface area (Å²) in [5, 5.41) is 10.8. The van der Waals surface area contributed by atoms with Crippen LogP contribution in [-0.2, 0) is 44.2 Å². The predicted molar refractivity (Wildman–Crippen MR) is 117 cm³/mol. The molecule has 8 nitrogen and oxygen atoms in total. The molecule has 1 atom stereocenters. The standard InChI is InChI=1S/C24H24N2O6/c1-4-15-16-8-14(29)6-7-20(16)25-22-17(15)10-26-21(22)9-19(24(3,5-2)32-13-28)18(23(26)30)11-31-12-27/h6-9,12-13,29H,4-5,10-11H2,1-3H3. The molecule has 3 aromatic rings. The molecule has 0 amide bonds. The summed E-state index contributed by atoms with van der Waals surface area (Å²) in [6.45, 7) is 6.33. The molecule has 8 heteroatoms. The summed E-state index contributed by atoms with van der Waals surface area (Å²) in [5.41, 5.74) is 3.31. The van der Waals surface area contributed by atoms with Gasteiger partial charge in [-0.25, -0.2) is 4.98 Å². The zero-order chi connectivity index (χ0) is 23.0. The lowest BCUT2D eigenvalue weighted by atomic mass is 9.89. The van der Waals surface area contributed by atoms with E-state index in [2.05, 4.69) is 0 Å². The van der Waals surface area contributed by atoms with E-state index < -0.39 is 5.60 Å². The lowest BCUT2D eigenvalue weighted by Gasteiger charge is -2.29. The Hall–Kier alpha value is -3.68. The van der Waals surface area contributed by atoms with Gasteiger partial charge in [-0.1, -0.05) is 13.8 Å². The molecular weight excluding hydrogens is 412 g/mol. The number of phenols is 1. The lowest BCUT2D eigenvalue weighted by molar-refractivity contribution is -0.143.